The van der Waals surface area contributed by atoms with Crippen molar-refractivity contribution in [2.45, 2.75) is 32.6 Å². The first-order valence-corrected chi connectivity index (χ1v) is 6.69. The first kappa shape index (κ1) is 13.5. The lowest BCUT2D eigenvalue weighted by Gasteiger charge is -2.11. The van der Waals surface area contributed by atoms with Crippen molar-refractivity contribution in [3.63, 3.8) is 0 Å². The maximum absolute atomic E-state index is 11.7. The van der Waals surface area contributed by atoms with Crippen LogP contribution in [-0.4, -0.2) is 11.1 Å². The van der Waals surface area contributed by atoms with Crippen LogP contribution in [0.5, 0.6) is 5.75 Å². The summed E-state index contributed by atoms with van der Waals surface area (Å²) in [4.78, 5) is 11.7. The zero-order valence-electron chi connectivity index (χ0n) is 11.1. The van der Waals surface area contributed by atoms with E-state index >= 15 is 0 Å². The summed E-state index contributed by atoms with van der Waals surface area (Å²) in [6.07, 6.45) is 6.75. The van der Waals surface area contributed by atoms with Crippen LogP contribution in [-0.2, 0) is 0 Å². The number of carbonyl (C=O) groups excluding carboxylic acids is 1. The molecule has 0 radical (unpaired) electrons. The van der Waals surface area contributed by atoms with Crippen molar-refractivity contribution in [3.05, 3.63) is 36.0 Å². The molecule has 0 aromatic heterocycles. The van der Waals surface area contributed by atoms with E-state index in [4.69, 9.17) is 0 Å². The Hall–Kier alpha value is -1.97. The van der Waals surface area contributed by atoms with Crippen LogP contribution in [0.3, 0.4) is 0 Å². The summed E-state index contributed by atoms with van der Waals surface area (Å²) in [5.74, 6) is 0.666. The van der Waals surface area contributed by atoms with Gasteiger partial charge in [-0.2, -0.15) is 0 Å². The molecule has 0 spiro atoms. The molecule has 4 heteroatoms. The van der Waals surface area contributed by atoms with Gasteiger partial charge in [0.1, 0.15) is 5.75 Å². The molecule has 0 atom stereocenters. The maximum atomic E-state index is 11.7. The third-order valence-corrected chi connectivity index (χ3v) is 3.58. The number of aromatic hydroxyl groups is 1. The second kappa shape index (κ2) is 6.27. The van der Waals surface area contributed by atoms with E-state index < -0.39 is 0 Å². The van der Waals surface area contributed by atoms with Crippen LogP contribution in [0.4, 0.5) is 10.5 Å². The summed E-state index contributed by atoms with van der Waals surface area (Å²) in [6.45, 7) is 2.05. The van der Waals surface area contributed by atoms with Crippen LogP contribution in [0.25, 0.3) is 0 Å². The number of carbonyl (C=O) groups is 1. The number of anilines is 1. The van der Waals surface area contributed by atoms with E-state index in [1.165, 1.54) is 37.3 Å². The molecule has 2 rings (SSSR count). The van der Waals surface area contributed by atoms with E-state index in [0.29, 0.717) is 11.6 Å². The molecule has 0 saturated heterocycles. The van der Waals surface area contributed by atoms with Crippen LogP contribution < -0.4 is 10.6 Å². The van der Waals surface area contributed by atoms with Gasteiger partial charge in [-0.1, -0.05) is 30.5 Å². The van der Waals surface area contributed by atoms with Gasteiger partial charge < -0.3 is 15.7 Å². The lowest BCUT2D eigenvalue weighted by atomic mass is 10.0. The molecule has 1 aliphatic rings. The topological polar surface area (TPSA) is 61.4 Å². The van der Waals surface area contributed by atoms with Gasteiger partial charge in [0, 0.05) is 6.20 Å². The van der Waals surface area contributed by atoms with Crippen molar-refractivity contribution in [1.82, 2.24) is 5.32 Å². The minimum Gasteiger partial charge on any atom is -0.506 e. The van der Waals surface area contributed by atoms with Crippen LogP contribution in [0, 0.1) is 5.92 Å². The summed E-state index contributed by atoms with van der Waals surface area (Å²) in [5, 5.41) is 14.9. The van der Waals surface area contributed by atoms with E-state index in [9.17, 15) is 9.90 Å². The van der Waals surface area contributed by atoms with Crippen LogP contribution in [0.2, 0.25) is 0 Å². The van der Waals surface area contributed by atoms with E-state index in [0.717, 1.165) is 0 Å². The summed E-state index contributed by atoms with van der Waals surface area (Å²) in [5.41, 5.74) is 1.62. The van der Waals surface area contributed by atoms with Gasteiger partial charge in [0.05, 0.1) is 5.69 Å². The predicted octanol–water partition coefficient (Wildman–Crippen LogP) is 3.61. The predicted molar refractivity (Wildman–Crippen MR) is 76.0 cm³/mol. The van der Waals surface area contributed by atoms with Gasteiger partial charge in [-0.05, 0) is 37.8 Å². The molecule has 102 valence electrons. The molecule has 0 heterocycles. The molecule has 19 heavy (non-hydrogen) atoms. The maximum Gasteiger partial charge on any atom is 0.323 e. The first-order valence-electron chi connectivity index (χ1n) is 6.69. The molecule has 2 amide bonds. The van der Waals surface area contributed by atoms with E-state index in [1.54, 1.807) is 24.4 Å². The van der Waals surface area contributed by atoms with Gasteiger partial charge in [-0.25, -0.2) is 4.79 Å². The molecule has 4 nitrogen and oxygen atoms in total. The minimum atomic E-state index is -0.334. The number of phenols is 1. The Labute approximate surface area is 113 Å². The van der Waals surface area contributed by atoms with Crippen molar-refractivity contribution >= 4 is 11.7 Å². The summed E-state index contributed by atoms with van der Waals surface area (Å²) in [7, 11) is 0. The lowest BCUT2D eigenvalue weighted by Crippen LogP contribution is -2.24. The fourth-order valence-corrected chi connectivity index (χ4v) is 2.42. The first-order chi connectivity index (χ1) is 9.16. The number of urea groups is 1. The standard InChI is InChI=1S/C15H20N2O2/c1-11(12-6-2-3-7-12)10-16-15(19)17-13-8-4-5-9-14(13)18/h4-5,8-10,12,18H,2-3,6-7H2,1H3,(H2,16,17,19)/b11-10+. The lowest BCUT2D eigenvalue weighted by molar-refractivity contribution is 0.255. The molecule has 1 aromatic carbocycles. The number of nitrogens with one attached hydrogen (secondary N) is 2. The molecule has 1 aliphatic carbocycles. The summed E-state index contributed by atoms with van der Waals surface area (Å²) >= 11 is 0. The zero-order chi connectivity index (χ0) is 13.7. The van der Waals surface area contributed by atoms with E-state index in [-0.39, 0.29) is 11.8 Å². The Morgan fingerprint density at radius 1 is 1.32 bits per heavy atom. The third kappa shape index (κ3) is 3.74. The monoisotopic (exact) mass is 260 g/mol. The van der Waals surface area contributed by atoms with Crippen LogP contribution in [0.1, 0.15) is 32.6 Å². The smallest absolute Gasteiger partial charge is 0.323 e. The fraction of sp³-hybridized carbons (Fsp3) is 0.400. The molecule has 1 aromatic rings. The van der Waals surface area contributed by atoms with Crippen molar-refractivity contribution in [2.75, 3.05) is 5.32 Å². The Morgan fingerprint density at radius 3 is 2.68 bits per heavy atom. The normalized spacial score (nSPS) is 16.4. The SMILES string of the molecule is C/C(=C\NC(=O)Nc1ccccc1O)C1CCCC1. The number of benzene rings is 1. The zero-order valence-corrected chi connectivity index (χ0v) is 11.1. The highest BCUT2D eigenvalue weighted by Crippen LogP contribution is 2.30. The highest BCUT2D eigenvalue weighted by molar-refractivity contribution is 5.91. The number of para-hydroxylation sites is 2. The number of amides is 2. The highest BCUT2D eigenvalue weighted by Gasteiger charge is 2.16. The van der Waals surface area contributed by atoms with E-state index in [1.807, 2.05) is 0 Å². The number of allylic oxidation sites excluding steroid dienone is 1. The second-order valence-electron chi connectivity index (χ2n) is 4.99. The van der Waals surface area contributed by atoms with Crippen molar-refractivity contribution in [1.29, 1.82) is 0 Å². The fourth-order valence-electron chi connectivity index (χ4n) is 2.42. The van der Waals surface area contributed by atoms with Gasteiger partial charge in [0.25, 0.3) is 0 Å². The minimum absolute atomic E-state index is 0.0640. The van der Waals surface area contributed by atoms with Crippen molar-refractivity contribution in [2.24, 2.45) is 5.92 Å². The van der Waals surface area contributed by atoms with Gasteiger partial charge in [0.2, 0.25) is 0 Å². The molecular weight excluding hydrogens is 240 g/mol. The average molecular weight is 260 g/mol. The summed E-state index contributed by atoms with van der Waals surface area (Å²) < 4.78 is 0. The van der Waals surface area contributed by atoms with Gasteiger partial charge in [-0.15, -0.1) is 0 Å². The van der Waals surface area contributed by atoms with Gasteiger partial charge >= 0.3 is 6.03 Å². The molecule has 0 bridgehead atoms. The Morgan fingerprint density at radius 2 is 2.00 bits per heavy atom. The number of hydrogen-bond acceptors (Lipinski definition) is 2. The quantitative estimate of drug-likeness (QED) is 0.727. The van der Waals surface area contributed by atoms with Crippen molar-refractivity contribution < 1.29 is 9.90 Å². The summed E-state index contributed by atoms with van der Waals surface area (Å²) in [6, 6.07) is 6.33. The molecule has 0 unspecified atom stereocenters. The van der Waals surface area contributed by atoms with Crippen molar-refractivity contribution in [3.8, 4) is 5.75 Å². The highest BCUT2D eigenvalue weighted by atomic mass is 16.3. The Kier molecular flexibility index (Phi) is 4.44. The second-order valence-corrected chi connectivity index (χ2v) is 4.99. The number of phenolic OH excluding ortho intramolecular Hbond substituents is 1. The van der Waals surface area contributed by atoms with Crippen LogP contribution >= 0.6 is 0 Å². The Balaban J connectivity index is 1.87. The molecule has 1 saturated carbocycles. The number of hydrogen-bond donors (Lipinski definition) is 3. The Bertz CT molecular complexity index is 477. The van der Waals surface area contributed by atoms with Crippen LogP contribution in [0.15, 0.2) is 36.0 Å². The molecule has 0 aliphatic heterocycles. The molecular formula is C15H20N2O2. The molecule has 3 N–H and O–H groups in total. The van der Waals surface area contributed by atoms with E-state index in [2.05, 4.69) is 17.6 Å². The molecule has 1 fully saturated rings. The number of rotatable bonds is 3. The average Bonchev–Trinajstić information content (AvgIpc) is 2.93. The van der Waals surface area contributed by atoms with Gasteiger partial charge in [-0.3, -0.25) is 0 Å². The third-order valence-electron chi connectivity index (χ3n) is 3.58. The largest absolute Gasteiger partial charge is 0.506 e. The van der Waals surface area contributed by atoms with Gasteiger partial charge in [0.15, 0.2) is 0 Å².